The van der Waals surface area contributed by atoms with Gasteiger partial charge in [-0.25, -0.2) is 8.42 Å². The van der Waals surface area contributed by atoms with Gasteiger partial charge in [0.2, 0.25) is 0 Å². The van der Waals surface area contributed by atoms with Crippen LogP contribution in [0.15, 0.2) is 35.5 Å². The summed E-state index contributed by atoms with van der Waals surface area (Å²) in [4.78, 5) is 6.54. The number of nitrogens with one attached hydrogen (secondary N) is 1. The van der Waals surface area contributed by atoms with Gasteiger partial charge in [-0.2, -0.15) is 0 Å². The van der Waals surface area contributed by atoms with Gasteiger partial charge in [-0.05, 0) is 55.9 Å². The molecule has 0 unspecified atom stereocenters. The van der Waals surface area contributed by atoms with Crippen molar-refractivity contribution in [3.63, 3.8) is 0 Å². The standard InChI is InChI=1S/C18H21N3O2S/c1-13-11-14-5-3-9-21-10-4-7-16(18(14)21)17(13)20-24(22,23)15-6-2-8-19-12-15/h2,6,8,11-12,20H,3-5,7,9-10H2,1H3. The first kappa shape index (κ1) is 15.4. The maximum absolute atomic E-state index is 12.7. The van der Waals surface area contributed by atoms with Gasteiger partial charge in [-0.1, -0.05) is 6.07 Å². The van der Waals surface area contributed by atoms with E-state index in [0.717, 1.165) is 49.2 Å². The summed E-state index contributed by atoms with van der Waals surface area (Å²) < 4.78 is 28.3. The molecule has 0 bridgehead atoms. The Hall–Kier alpha value is -2.08. The average Bonchev–Trinajstić information content (AvgIpc) is 2.59. The van der Waals surface area contributed by atoms with E-state index >= 15 is 0 Å². The molecule has 1 aromatic carbocycles. The predicted octanol–water partition coefficient (Wildman–Crippen LogP) is 2.89. The van der Waals surface area contributed by atoms with Crippen LogP contribution in [0.4, 0.5) is 11.4 Å². The SMILES string of the molecule is Cc1cc2c3c(c1NS(=O)(=O)c1cccnc1)CCCN3CCC2. The Morgan fingerprint density at radius 3 is 2.75 bits per heavy atom. The molecule has 0 saturated carbocycles. The van der Waals surface area contributed by atoms with E-state index in [4.69, 9.17) is 0 Å². The van der Waals surface area contributed by atoms with Gasteiger partial charge in [0.1, 0.15) is 4.90 Å². The minimum absolute atomic E-state index is 0.196. The molecular formula is C18H21N3O2S. The van der Waals surface area contributed by atoms with Crippen LogP contribution in [-0.4, -0.2) is 26.5 Å². The molecule has 0 saturated heterocycles. The number of sulfonamides is 1. The number of aromatic nitrogens is 1. The van der Waals surface area contributed by atoms with E-state index in [9.17, 15) is 8.42 Å². The summed E-state index contributed by atoms with van der Waals surface area (Å²) in [5, 5.41) is 0. The van der Waals surface area contributed by atoms with Crippen molar-refractivity contribution in [1.82, 2.24) is 4.98 Å². The zero-order chi connectivity index (χ0) is 16.7. The highest BCUT2D eigenvalue weighted by atomic mass is 32.2. The predicted molar refractivity (Wildman–Crippen MR) is 95.1 cm³/mol. The normalized spacial score (nSPS) is 16.6. The van der Waals surface area contributed by atoms with Crippen LogP contribution in [0.3, 0.4) is 0 Å². The minimum atomic E-state index is -3.62. The molecule has 0 spiro atoms. The number of aryl methyl sites for hydroxylation is 2. The molecule has 1 N–H and O–H groups in total. The maximum atomic E-state index is 12.7. The van der Waals surface area contributed by atoms with E-state index in [1.165, 1.54) is 23.9 Å². The number of hydrogen-bond acceptors (Lipinski definition) is 4. The highest BCUT2D eigenvalue weighted by molar-refractivity contribution is 7.92. The van der Waals surface area contributed by atoms with E-state index < -0.39 is 10.0 Å². The van der Waals surface area contributed by atoms with Crippen LogP contribution >= 0.6 is 0 Å². The second-order valence-electron chi connectivity index (χ2n) is 6.54. The number of rotatable bonds is 3. The van der Waals surface area contributed by atoms with E-state index in [-0.39, 0.29) is 4.90 Å². The average molecular weight is 343 g/mol. The monoisotopic (exact) mass is 343 g/mol. The summed E-state index contributed by atoms with van der Waals surface area (Å²) in [5.74, 6) is 0. The van der Waals surface area contributed by atoms with Crippen molar-refractivity contribution in [3.05, 3.63) is 47.3 Å². The van der Waals surface area contributed by atoms with Crippen LogP contribution in [0.25, 0.3) is 0 Å². The molecule has 3 heterocycles. The van der Waals surface area contributed by atoms with Crippen LogP contribution in [0, 0.1) is 6.92 Å². The molecule has 1 aromatic heterocycles. The Kier molecular flexibility index (Phi) is 3.72. The minimum Gasteiger partial charge on any atom is -0.371 e. The zero-order valence-corrected chi connectivity index (χ0v) is 14.6. The summed E-state index contributed by atoms with van der Waals surface area (Å²) in [6, 6.07) is 5.36. The number of anilines is 2. The highest BCUT2D eigenvalue weighted by Gasteiger charge is 2.28. The third-order valence-electron chi connectivity index (χ3n) is 4.90. The lowest BCUT2D eigenvalue weighted by Gasteiger charge is -2.38. The topological polar surface area (TPSA) is 62.3 Å². The molecule has 0 atom stereocenters. The number of nitrogens with zero attached hydrogens (tertiary/aromatic N) is 2. The van der Waals surface area contributed by atoms with Gasteiger partial charge >= 0.3 is 0 Å². The van der Waals surface area contributed by atoms with Gasteiger partial charge in [-0.3, -0.25) is 9.71 Å². The smallest absolute Gasteiger partial charge is 0.263 e. The van der Waals surface area contributed by atoms with Crippen molar-refractivity contribution in [2.75, 3.05) is 22.7 Å². The number of pyridine rings is 1. The summed E-state index contributed by atoms with van der Waals surface area (Å²) in [5.41, 5.74) is 5.53. The van der Waals surface area contributed by atoms with Crippen LogP contribution < -0.4 is 9.62 Å². The van der Waals surface area contributed by atoms with Gasteiger partial charge < -0.3 is 4.90 Å². The van der Waals surface area contributed by atoms with Crippen molar-refractivity contribution in [2.24, 2.45) is 0 Å². The van der Waals surface area contributed by atoms with E-state index in [0.29, 0.717) is 0 Å². The maximum Gasteiger partial charge on any atom is 0.263 e. The van der Waals surface area contributed by atoms with Crippen molar-refractivity contribution in [1.29, 1.82) is 0 Å². The van der Waals surface area contributed by atoms with E-state index in [1.54, 1.807) is 18.3 Å². The Labute approximate surface area is 142 Å². The molecule has 0 aliphatic carbocycles. The second kappa shape index (κ2) is 5.77. The molecule has 24 heavy (non-hydrogen) atoms. The molecule has 6 heteroatoms. The fourth-order valence-electron chi connectivity index (χ4n) is 3.86. The molecule has 126 valence electrons. The first-order valence-electron chi connectivity index (χ1n) is 8.39. The Bertz CT molecular complexity index is 877. The van der Waals surface area contributed by atoms with Crippen molar-refractivity contribution in [3.8, 4) is 0 Å². The largest absolute Gasteiger partial charge is 0.371 e. The summed E-state index contributed by atoms with van der Waals surface area (Å²) in [6.45, 7) is 4.13. The molecule has 2 aliphatic rings. The molecule has 2 aromatic rings. The van der Waals surface area contributed by atoms with Gasteiger partial charge in [0.15, 0.2) is 0 Å². The molecular weight excluding hydrogens is 322 g/mol. The first-order valence-corrected chi connectivity index (χ1v) is 9.88. The lowest BCUT2D eigenvalue weighted by molar-refractivity contribution is 0.600. The molecule has 0 amide bonds. The zero-order valence-electron chi connectivity index (χ0n) is 13.7. The van der Waals surface area contributed by atoms with Crippen molar-refractivity contribution >= 4 is 21.4 Å². The van der Waals surface area contributed by atoms with Crippen LogP contribution in [0.5, 0.6) is 0 Å². The highest BCUT2D eigenvalue weighted by Crippen LogP contribution is 2.41. The van der Waals surface area contributed by atoms with Crippen LogP contribution in [0.1, 0.15) is 29.5 Å². The van der Waals surface area contributed by atoms with Gasteiger partial charge in [-0.15, -0.1) is 0 Å². The van der Waals surface area contributed by atoms with Gasteiger partial charge in [0.05, 0.1) is 5.69 Å². The third-order valence-corrected chi connectivity index (χ3v) is 6.24. The van der Waals surface area contributed by atoms with E-state index in [1.807, 2.05) is 6.92 Å². The molecule has 0 fully saturated rings. The summed E-state index contributed by atoms with van der Waals surface area (Å²) >= 11 is 0. The quantitative estimate of drug-likeness (QED) is 0.931. The molecule has 5 nitrogen and oxygen atoms in total. The van der Waals surface area contributed by atoms with Crippen LogP contribution in [0.2, 0.25) is 0 Å². The molecule has 0 radical (unpaired) electrons. The van der Waals surface area contributed by atoms with Crippen molar-refractivity contribution in [2.45, 2.75) is 37.5 Å². The Balaban J connectivity index is 1.81. The number of hydrogen-bond donors (Lipinski definition) is 1. The molecule has 4 rings (SSSR count). The number of benzene rings is 1. The van der Waals surface area contributed by atoms with Gasteiger partial charge in [0, 0.05) is 36.7 Å². The summed E-state index contributed by atoms with van der Waals surface area (Å²) in [7, 11) is -3.62. The third kappa shape index (κ3) is 2.55. The fourth-order valence-corrected chi connectivity index (χ4v) is 4.99. The van der Waals surface area contributed by atoms with Crippen molar-refractivity contribution < 1.29 is 8.42 Å². The lowest BCUT2D eigenvalue weighted by atomic mass is 9.89. The van der Waals surface area contributed by atoms with Gasteiger partial charge in [0.25, 0.3) is 10.0 Å². The first-order chi connectivity index (χ1) is 11.6. The summed E-state index contributed by atoms with van der Waals surface area (Å²) in [6.07, 6.45) is 7.20. The Morgan fingerprint density at radius 1 is 1.21 bits per heavy atom. The second-order valence-corrected chi connectivity index (χ2v) is 8.23. The fraction of sp³-hybridized carbons (Fsp3) is 0.389. The van der Waals surface area contributed by atoms with E-state index in [2.05, 4.69) is 20.7 Å². The molecule has 2 aliphatic heterocycles. The van der Waals surface area contributed by atoms with Crippen LogP contribution in [-0.2, 0) is 22.9 Å². The Morgan fingerprint density at radius 2 is 2.00 bits per heavy atom. The lowest BCUT2D eigenvalue weighted by Crippen LogP contribution is -2.35.